The van der Waals surface area contributed by atoms with Crippen LogP contribution < -0.4 is 10.7 Å². The zero-order valence-corrected chi connectivity index (χ0v) is 20.9. The standard InChI is InChI=1S/C24H16I2N4O2/c25-15-10-11-20-18(13-15)24(32)30(29-23(31)16-7-1-2-9-19(16)26)22(28-20)17-8-3-5-14-6-4-12-27-21(14)17/h1-13,22,28H,(H,29,31)/t22-/m1/s1. The first-order valence-corrected chi connectivity index (χ1v) is 12.0. The third kappa shape index (κ3) is 3.81. The first kappa shape index (κ1) is 21.1. The van der Waals surface area contributed by atoms with Gasteiger partial charge in [0.15, 0.2) is 6.17 Å². The molecule has 32 heavy (non-hydrogen) atoms. The van der Waals surface area contributed by atoms with E-state index < -0.39 is 6.17 Å². The minimum atomic E-state index is -0.626. The number of hydrazine groups is 1. The second kappa shape index (κ2) is 8.66. The SMILES string of the molecule is O=C(NN1C(=O)c2cc(I)ccc2N[C@H]1c1cccc2cccnc12)c1ccccc1I. The van der Waals surface area contributed by atoms with Gasteiger partial charge < -0.3 is 5.32 Å². The molecule has 8 heteroatoms. The van der Waals surface area contributed by atoms with Gasteiger partial charge >= 0.3 is 0 Å². The van der Waals surface area contributed by atoms with Crippen LogP contribution in [0.3, 0.4) is 0 Å². The topological polar surface area (TPSA) is 74.3 Å². The van der Waals surface area contributed by atoms with E-state index in [1.807, 2.05) is 60.7 Å². The van der Waals surface area contributed by atoms with Crippen molar-refractivity contribution in [2.75, 3.05) is 5.32 Å². The van der Waals surface area contributed by atoms with Crippen LogP contribution in [-0.4, -0.2) is 21.8 Å². The van der Waals surface area contributed by atoms with Crippen LogP contribution in [0.15, 0.2) is 79.0 Å². The number of rotatable bonds is 3. The van der Waals surface area contributed by atoms with Crippen LogP contribution in [0.25, 0.3) is 10.9 Å². The molecule has 0 aliphatic carbocycles. The summed E-state index contributed by atoms with van der Waals surface area (Å²) in [5.74, 6) is -0.632. The fourth-order valence-corrected chi connectivity index (χ4v) is 4.90. The molecule has 158 valence electrons. The Kier molecular flexibility index (Phi) is 5.72. The van der Waals surface area contributed by atoms with Crippen molar-refractivity contribution in [1.29, 1.82) is 0 Å². The van der Waals surface area contributed by atoms with E-state index in [0.717, 1.165) is 23.6 Å². The highest BCUT2D eigenvalue weighted by Crippen LogP contribution is 2.35. The largest absolute Gasteiger partial charge is 0.359 e. The predicted molar refractivity (Wildman–Crippen MR) is 140 cm³/mol. The Balaban J connectivity index is 1.62. The van der Waals surface area contributed by atoms with Gasteiger partial charge in [-0.05, 0) is 81.6 Å². The molecule has 0 fully saturated rings. The Morgan fingerprint density at radius 1 is 1.00 bits per heavy atom. The maximum absolute atomic E-state index is 13.6. The Morgan fingerprint density at radius 2 is 1.81 bits per heavy atom. The first-order chi connectivity index (χ1) is 15.5. The number of halogens is 2. The van der Waals surface area contributed by atoms with Gasteiger partial charge in [0.25, 0.3) is 11.8 Å². The minimum absolute atomic E-state index is 0.283. The number of anilines is 1. The number of carbonyl (C=O) groups is 2. The fourth-order valence-electron chi connectivity index (χ4n) is 3.77. The molecule has 2 heterocycles. The Hall–Kier alpha value is -2.73. The van der Waals surface area contributed by atoms with Crippen LogP contribution in [0.2, 0.25) is 0 Å². The third-order valence-corrected chi connectivity index (χ3v) is 6.89. The number of nitrogens with one attached hydrogen (secondary N) is 2. The van der Waals surface area contributed by atoms with Gasteiger partial charge in [0.2, 0.25) is 0 Å². The smallest absolute Gasteiger partial charge is 0.276 e. The maximum Gasteiger partial charge on any atom is 0.276 e. The lowest BCUT2D eigenvalue weighted by Gasteiger charge is -2.38. The number of pyridine rings is 1. The molecule has 2 N–H and O–H groups in total. The van der Waals surface area contributed by atoms with E-state index in [0.29, 0.717) is 16.8 Å². The number of hydrogen-bond donors (Lipinski definition) is 2. The van der Waals surface area contributed by atoms with Crippen LogP contribution in [0.1, 0.15) is 32.4 Å². The van der Waals surface area contributed by atoms with Crippen LogP contribution >= 0.6 is 45.2 Å². The summed E-state index contributed by atoms with van der Waals surface area (Å²) in [5.41, 5.74) is 6.13. The predicted octanol–water partition coefficient (Wildman–Crippen LogP) is 5.36. The first-order valence-electron chi connectivity index (χ1n) is 9.82. The summed E-state index contributed by atoms with van der Waals surface area (Å²) in [4.78, 5) is 31.3. The van der Waals surface area contributed by atoms with Gasteiger partial charge in [-0.3, -0.25) is 20.0 Å². The van der Waals surface area contributed by atoms with Crippen LogP contribution in [0.4, 0.5) is 5.69 Å². The molecule has 0 radical (unpaired) electrons. The van der Waals surface area contributed by atoms with Gasteiger partial charge in [0.05, 0.1) is 16.6 Å². The summed E-state index contributed by atoms with van der Waals surface area (Å²) >= 11 is 4.29. The lowest BCUT2D eigenvalue weighted by molar-refractivity contribution is 0.0492. The van der Waals surface area contributed by atoms with E-state index in [4.69, 9.17) is 0 Å². The molecule has 1 atom stereocenters. The monoisotopic (exact) mass is 646 g/mol. The van der Waals surface area contributed by atoms with Gasteiger partial charge in [-0.1, -0.05) is 36.4 Å². The minimum Gasteiger partial charge on any atom is -0.359 e. The molecule has 0 unspecified atom stereocenters. The van der Waals surface area contributed by atoms with Crippen LogP contribution in [-0.2, 0) is 0 Å². The Labute approximate surface area is 211 Å². The van der Waals surface area contributed by atoms with E-state index >= 15 is 0 Å². The number of benzene rings is 3. The summed E-state index contributed by atoms with van der Waals surface area (Å²) in [6, 6.07) is 22.6. The number of fused-ring (bicyclic) bond motifs is 2. The van der Waals surface area contributed by atoms with E-state index in [9.17, 15) is 9.59 Å². The summed E-state index contributed by atoms with van der Waals surface area (Å²) < 4.78 is 1.74. The lowest BCUT2D eigenvalue weighted by Crippen LogP contribution is -2.53. The normalized spacial score (nSPS) is 15.2. The highest BCUT2D eigenvalue weighted by molar-refractivity contribution is 14.1. The molecule has 1 aliphatic heterocycles. The van der Waals surface area contributed by atoms with Gasteiger partial charge in [0.1, 0.15) is 0 Å². The average molecular weight is 646 g/mol. The van der Waals surface area contributed by atoms with Crippen molar-refractivity contribution in [1.82, 2.24) is 15.4 Å². The molecule has 3 aromatic carbocycles. The van der Waals surface area contributed by atoms with E-state index in [-0.39, 0.29) is 11.8 Å². The van der Waals surface area contributed by atoms with Crippen molar-refractivity contribution in [3.8, 4) is 0 Å². The Morgan fingerprint density at radius 3 is 2.66 bits per heavy atom. The summed E-state index contributed by atoms with van der Waals surface area (Å²) in [6.45, 7) is 0. The van der Waals surface area contributed by atoms with Gasteiger partial charge in [-0.15, -0.1) is 0 Å². The van der Waals surface area contributed by atoms with Crippen LogP contribution in [0.5, 0.6) is 0 Å². The zero-order valence-electron chi connectivity index (χ0n) is 16.5. The number of aromatic nitrogens is 1. The maximum atomic E-state index is 13.6. The molecule has 0 spiro atoms. The lowest BCUT2D eigenvalue weighted by atomic mass is 10.0. The van der Waals surface area contributed by atoms with E-state index in [1.54, 1.807) is 18.3 Å². The number of hydrogen-bond acceptors (Lipinski definition) is 4. The van der Waals surface area contributed by atoms with Crippen molar-refractivity contribution in [3.63, 3.8) is 0 Å². The van der Waals surface area contributed by atoms with Gasteiger partial charge in [-0.2, -0.15) is 0 Å². The van der Waals surface area contributed by atoms with Crippen molar-refractivity contribution < 1.29 is 9.59 Å². The van der Waals surface area contributed by atoms with Crippen molar-refractivity contribution in [3.05, 3.63) is 103 Å². The molecular formula is C24H16I2N4O2. The molecule has 1 aromatic heterocycles. The molecule has 6 nitrogen and oxygen atoms in total. The van der Waals surface area contributed by atoms with Crippen LogP contribution in [0, 0.1) is 7.14 Å². The van der Waals surface area contributed by atoms with E-state index in [2.05, 4.69) is 60.9 Å². The molecular weight excluding hydrogens is 630 g/mol. The zero-order chi connectivity index (χ0) is 22.2. The summed E-state index contributed by atoms with van der Waals surface area (Å²) in [6.07, 6.45) is 1.10. The Bertz CT molecular complexity index is 1370. The molecule has 0 saturated heterocycles. The van der Waals surface area contributed by atoms with E-state index in [1.165, 1.54) is 5.01 Å². The molecule has 1 aliphatic rings. The number of nitrogens with zero attached hydrogens (tertiary/aromatic N) is 2. The fraction of sp³-hybridized carbons (Fsp3) is 0.0417. The highest BCUT2D eigenvalue weighted by Gasteiger charge is 2.36. The molecule has 0 bridgehead atoms. The number of amides is 2. The van der Waals surface area contributed by atoms with Crippen molar-refractivity contribution in [2.24, 2.45) is 0 Å². The second-order valence-electron chi connectivity index (χ2n) is 7.26. The average Bonchev–Trinajstić information content (AvgIpc) is 2.81. The summed E-state index contributed by atoms with van der Waals surface area (Å²) in [5, 5.41) is 5.75. The molecule has 2 amide bonds. The second-order valence-corrected chi connectivity index (χ2v) is 9.66. The highest BCUT2D eigenvalue weighted by atomic mass is 127. The number of para-hydroxylation sites is 1. The van der Waals surface area contributed by atoms with Crippen molar-refractivity contribution >= 4 is 73.6 Å². The number of carbonyl (C=O) groups excluding carboxylic acids is 2. The molecule has 4 aromatic rings. The quantitative estimate of drug-likeness (QED) is 0.295. The van der Waals surface area contributed by atoms with Gasteiger partial charge in [0, 0.05) is 30.0 Å². The van der Waals surface area contributed by atoms with Crippen molar-refractivity contribution in [2.45, 2.75) is 6.17 Å². The summed E-state index contributed by atoms with van der Waals surface area (Å²) in [7, 11) is 0. The molecule has 5 rings (SSSR count). The molecule has 0 saturated carbocycles. The third-order valence-electron chi connectivity index (χ3n) is 5.28. The van der Waals surface area contributed by atoms with Gasteiger partial charge in [-0.25, -0.2) is 5.01 Å².